The zero-order valence-electron chi connectivity index (χ0n) is 16.3. The zero-order valence-corrected chi connectivity index (χ0v) is 16.3. The fraction of sp³-hybridized carbons (Fsp3) is 0.619. The number of ether oxygens (including phenoxy) is 2. The van der Waals surface area contributed by atoms with E-state index in [2.05, 4.69) is 12.2 Å². The van der Waals surface area contributed by atoms with Gasteiger partial charge in [-0.15, -0.1) is 0 Å². The summed E-state index contributed by atoms with van der Waals surface area (Å²) in [5.41, 5.74) is 1.43. The summed E-state index contributed by atoms with van der Waals surface area (Å²) in [6.07, 6.45) is 3.83. The minimum Gasteiger partial charge on any atom is -0.449 e. The van der Waals surface area contributed by atoms with E-state index in [4.69, 9.17) is 9.47 Å². The van der Waals surface area contributed by atoms with Crippen molar-refractivity contribution in [1.29, 1.82) is 0 Å². The van der Waals surface area contributed by atoms with Gasteiger partial charge in [0.25, 0.3) is 5.91 Å². The normalized spacial score (nSPS) is 21.3. The lowest BCUT2D eigenvalue weighted by Gasteiger charge is -2.30. The Labute approximate surface area is 156 Å². The van der Waals surface area contributed by atoms with E-state index in [0.717, 1.165) is 24.8 Å². The van der Waals surface area contributed by atoms with Crippen LogP contribution in [0.25, 0.3) is 0 Å². The van der Waals surface area contributed by atoms with Crippen molar-refractivity contribution in [3.63, 3.8) is 0 Å². The summed E-state index contributed by atoms with van der Waals surface area (Å²) in [7, 11) is 0. The molecule has 3 atom stereocenters. The molecule has 0 spiro atoms. The quantitative estimate of drug-likeness (QED) is 0.749. The Morgan fingerprint density at radius 3 is 2.38 bits per heavy atom. The van der Waals surface area contributed by atoms with Gasteiger partial charge >= 0.3 is 5.97 Å². The molecule has 0 heterocycles. The van der Waals surface area contributed by atoms with Gasteiger partial charge in [-0.05, 0) is 57.2 Å². The lowest BCUT2D eigenvalue weighted by molar-refractivity contribution is -0.130. The first-order chi connectivity index (χ1) is 12.4. The van der Waals surface area contributed by atoms with Crippen LogP contribution in [0.15, 0.2) is 24.3 Å². The molecule has 0 bridgehead atoms. The Hall–Kier alpha value is -1.88. The summed E-state index contributed by atoms with van der Waals surface area (Å²) >= 11 is 0. The molecule has 1 fully saturated rings. The molecule has 0 radical (unpaired) electrons. The Balaban J connectivity index is 1.84. The zero-order chi connectivity index (χ0) is 19.1. The molecule has 0 saturated heterocycles. The fourth-order valence-electron chi connectivity index (χ4n) is 3.11. The minimum absolute atomic E-state index is 0.158. The molecule has 0 unspecified atom stereocenters. The Morgan fingerprint density at radius 2 is 1.77 bits per heavy atom. The third-order valence-electron chi connectivity index (χ3n) is 4.87. The summed E-state index contributed by atoms with van der Waals surface area (Å²) < 4.78 is 10.9. The maximum Gasteiger partial charge on any atom is 0.338 e. The van der Waals surface area contributed by atoms with Crippen molar-refractivity contribution in [2.24, 2.45) is 5.92 Å². The van der Waals surface area contributed by atoms with E-state index in [9.17, 15) is 9.59 Å². The fourth-order valence-corrected chi connectivity index (χ4v) is 3.11. The standard InChI is InChI=1S/C21H31NO4/c1-14(2)25-13-17-9-11-18(12-10-17)21(24)26-16(4)20(23)22-19-8-6-5-7-15(19)3/h9-12,14-16,19H,5-8,13H2,1-4H3,(H,22,23)/t15-,16-,19+/m1/s1. The van der Waals surface area contributed by atoms with E-state index >= 15 is 0 Å². The molecule has 144 valence electrons. The third-order valence-corrected chi connectivity index (χ3v) is 4.87. The first kappa shape index (κ1) is 20.4. The van der Waals surface area contributed by atoms with Gasteiger partial charge < -0.3 is 14.8 Å². The van der Waals surface area contributed by atoms with Crippen LogP contribution in [0, 0.1) is 5.92 Å². The van der Waals surface area contributed by atoms with E-state index in [-0.39, 0.29) is 18.1 Å². The number of benzene rings is 1. The van der Waals surface area contributed by atoms with Gasteiger partial charge in [0.2, 0.25) is 0 Å². The van der Waals surface area contributed by atoms with Gasteiger partial charge in [0, 0.05) is 6.04 Å². The monoisotopic (exact) mass is 361 g/mol. The highest BCUT2D eigenvalue weighted by Gasteiger charge is 2.26. The van der Waals surface area contributed by atoms with Gasteiger partial charge in [0.05, 0.1) is 18.3 Å². The van der Waals surface area contributed by atoms with E-state index in [1.165, 1.54) is 6.42 Å². The number of nitrogens with one attached hydrogen (secondary N) is 1. The van der Waals surface area contributed by atoms with Crippen LogP contribution in [-0.2, 0) is 20.9 Å². The number of rotatable bonds is 7. The molecule has 1 aliphatic rings. The molecule has 5 nitrogen and oxygen atoms in total. The summed E-state index contributed by atoms with van der Waals surface area (Å²) in [5, 5.41) is 3.03. The van der Waals surface area contributed by atoms with Crippen molar-refractivity contribution in [2.75, 3.05) is 0 Å². The third kappa shape index (κ3) is 6.13. The highest BCUT2D eigenvalue weighted by molar-refractivity contribution is 5.92. The van der Waals surface area contributed by atoms with Gasteiger partial charge in [0.1, 0.15) is 0 Å². The van der Waals surface area contributed by atoms with Crippen molar-refractivity contribution in [3.8, 4) is 0 Å². The molecule has 1 saturated carbocycles. The molecule has 5 heteroatoms. The van der Waals surface area contributed by atoms with Crippen LogP contribution in [0.3, 0.4) is 0 Å². The molecular weight excluding hydrogens is 330 g/mol. The van der Waals surface area contributed by atoms with Crippen LogP contribution in [0.5, 0.6) is 0 Å². The Bertz CT molecular complexity index is 597. The molecule has 1 aliphatic carbocycles. The Kier molecular flexibility index (Phi) is 7.64. The molecule has 26 heavy (non-hydrogen) atoms. The highest BCUT2D eigenvalue weighted by atomic mass is 16.5. The lowest BCUT2D eigenvalue weighted by Crippen LogP contribution is -2.45. The number of hydrogen-bond donors (Lipinski definition) is 1. The first-order valence-corrected chi connectivity index (χ1v) is 9.58. The Morgan fingerprint density at radius 1 is 1.12 bits per heavy atom. The second-order valence-electron chi connectivity index (χ2n) is 7.48. The lowest BCUT2D eigenvalue weighted by atomic mass is 9.86. The average molecular weight is 361 g/mol. The van der Waals surface area contributed by atoms with Gasteiger partial charge in [-0.3, -0.25) is 4.79 Å². The second kappa shape index (κ2) is 9.72. The topological polar surface area (TPSA) is 64.6 Å². The summed E-state index contributed by atoms with van der Waals surface area (Å²) in [4.78, 5) is 24.6. The summed E-state index contributed by atoms with van der Waals surface area (Å²) in [6.45, 7) is 8.24. The molecule has 1 N–H and O–H groups in total. The maximum atomic E-state index is 12.3. The van der Waals surface area contributed by atoms with E-state index in [1.54, 1.807) is 19.1 Å². The summed E-state index contributed by atoms with van der Waals surface area (Å²) in [6, 6.07) is 7.27. The molecule has 0 aliphatic heterocycles. The van der Waals surface area contributed by atoms with Crippen molar-refractivity contribution >= 4 is 11.9 Å². The smallest absolute Gasteiger partial charge is 0.338 e. The minimum atomic E-state index is -0.805. The number of hydrogen-bond acceptors (Lipinski definition) is 4. The van der Waals surface area contributed by atoms with Crippen LogP contribution in [0.2, 0.25) is 0 Å². The molecular formula is C21H31NO4. The van der Waals surface area contributed by atoms with Crippen molar-refractivity contribution in [2.45, 2.75) is 78.2 Å². The van der Waals surface area contributed by atoms with Crippen molar-refractivity contribution in [1.82, 2.24) is 5.32 Å². The van der Waals surface area contributed by atoms with Crippen molar-refractivity contribution < 1.29 is 19.1 Å². The molecule has 2 rings (SSSR count). The van der Waals surface area contributed by atoms with Crippen LogP contribution >= 0.6 is 0 Å². The van der Waals surface area contributed by atoms with Crippen LogP contribution in [0.4, 0.5) is 0 Å². The van der Waals surface area contributed by atoms with Crippen molar-refractivity contribution in [3.05, 3.63) is 35.4 Å². The largest absolute Gasteiger partial charge is 0.449 e. The molecule has 1 aromatic rings. The van der Waals surface area contributed by atoms with Crippen LogP contribution in [-0.4, -0.2) is 30.1 Å². The number of carbonyl (C=O) groups is 2. The second-order valence-corrected chi connectivity index (χ2v) is 7.48. The van der Waals surface area contributed by atoms with Crippen LogP contribution < -0.4 is 5.32 Å². The van der Waals surface area contributed by atoms with Gasteiger partial charge in [0.15, 0.2) is 6.10 Å². The highest BCUT2D eigenvalue weighted by Crippen LogP contribution is 2.23. The van der Waals surface area contributed by atoms with Gasteiger partial charge in [-0.2, -0.15) is 0 Å². The van der Waals surface area contributed by atoms with E-state index in [0.29, 0.717) is 18.1 Å². The maximum absolute atomic E-state index is 12.3. The summed E-state index contributed by atoms with van der Waals surface area (Å²) in [5.74, 6) is -0.240. The average Bonchev–Trinajstić information content (AvgIpc) is 2.62. The van der Waals surface area contributed by atoms with Crippen LogP contribution in [0.1, 0.15) is 69.3 Å². The molecule has 1 amide bonds. The predicted molar refractivity (Wildman–Crippen MR) is 101 cm³/mol. The number of esters is 1. The SMILES string of the molecule is CC(C)OCc1ccc(C(=O)O[C@H](C)C(=O)N[C@H]2CCCC[C@H]2C)cc1. The van der Waals surface area contributed by atoms with Gasteiger partial charge in [-0.25, -0.2) is 4.79 Å². The number of carbonyl (C=O) groups excluding carboxylic acids is 2. The first-order valence-electron chi connectivity index (χ1n) is 9.58. The predicted octanol–water partition coefficient (Wildman–Crippen LogP) is 3.85. The molecule has 1 aromatic carbocycles. The van der Waals surface area contributed by atoms with E-state index < -0.39 is 12.1 Å². The van der Waals surface area contributed by atoms with E-state index in [1.807, 2.05) is 26.0 Å². The number of amides is 1. The van der Waals surface area contributed by atoms with Gasteiger partial charge in [-0.1, -0.05) is 31.9 Å². The molecule has 0 aromatic heterocycles.